The summed E-state index contributed by atoms with van der Waals surface area (Å²) in [4.78, 5) is 50.7. The number of alkyl halides is 4. The number of benzene rings is 2. The van der Waals surface area contributed by atoms with Gasteiger partial charge in [0.2, 0.25) is 0 Å². The molecule has 2 aromatic rings. The van der Waals surface area contributed by atoms with Crippen LogP contribution in [-0.2, 0) is 9.59 Å². The zero-order valence-corrected chi connectivity index (χ0v) is 24.9. The molecule has 3 amide bonds. The summed E-state index contributed by atoms with van der Waals surface area (Å²) in [6.45, 7) is -0.710. The number of nitrogens with zero attached hydrogens (tertiary/aromatic N) is 2. The average molecular weight is 672 g/mol. The molecule has 0 aromatic heterocycles. The van der Waals surface area contributed by atoms with E-state index in [-0.39, 0.29) is 21.2 Å². The number of hydrogen-bond acceptors (Lipinski definition) is 5. The van der Waals surface area contributed by atoms with E-state index in [1.165, 1.54) is 43.5 Å². The summed E-state index contributed by atoms with van der Waals surface area (Å²) >= 11 is 45.3. The van der Waals surface area contributed by atoms with Gasteiger partial charge in [-0.1, -0.05) is 70.1 Å². The zero-order valence-electron chi connectivity index (χ0n) is 19.6. The average Bonchev–Trinajstić information content (AvgIpc) is 3.30. The Morgan fingerprint density at radius 3 is 1.92 bits per heavy atom. The normalized spacial score (nSPS) is 28.7. The lowest BCUT2D eigenvalue weighted by Crippen LogP contribution is -2.56. The summed E-state index contributed by atoms with van der Waals surface area (Å²) in [6, 6.07) is 11.8. The van der Waals surface area contributed by atoms with E-state index in [1.807, 2.05) is 0 Å². The fraction of sp³-hybridized carbons (Fsp3) is 0.280. The van der Waals surface area contributed by atoms with Crippen LogP contribution in [0.25, 0.3) is 0 Å². The van der Waals surface area contributed by atoms with Crippen molar-refractivity contribution in [1.29, 1.82) is 0 Å². The fourth-order valence-electron chi connectivity index (χ4n) is 5.22. The number of fused-ring (bicyclic) bond motifs is 5. The van der Waals surface area contributed by atoms with Crippen molar-refractivity contribution >= 4 is 105 Å². The second kappa shape index (κ2) is 9.69. The molecule has 2 aliphatic carbocycles. The van der Waals surface area contributed by atoms with E-state index in [0.717, 1.165) is 5.01 Å². The van der Waals surface area contributed by atoms with Gasteiger partial charge in [-0.25, -0.2) is 5.01 Å². The molecule has 1 heterocycles. The third-order valence-electron chi connectivity index (χ3n) is 7.14. The molecule has 3 aliphatic rings. The number of amides is 3. The first kappa shape index (κ1) is 28.8. The Labute approximate surface area is 257 Å². The van der Waals surface area contributed by atoms with Crippen LogP contribution in [0.2, 0.25) is 5.02 Å². The summed E-state index contributed by atoms with van der Waals surface area (Å²) in [5, 5.41) is 1.05. The number of allylic oxidation sites excluding steroid dienone is 2. The lowest BCUT2D eigenvalue weighted by atomic mass is 9.84. The molecule has 0 N–H and O–H groups in total. The van der Waals surface area contributed by atoms with E-state index in [4.69, 9.17) is 85.9 Å². The molecule has 1 aliphatic heterocycles. The highest BCUT2D eigenvalue weighted by molar-refractivity contribution is 6.66. The maximum Gasteiger partial charge on any atom is 0.273 e. The van der Waals surface area contributed by atoms with Crippen molar-refractivity contribution in [3.63, 3.8) is 0 Å². The second-order valence-electron chi connectivity index (χ2n) is 9.09. The number of rotatable bonds is 6. The molecule has 2 fully saturated rings. The van der Waals surface area contributed by atoms with E-state index in [9.17, 15) is 19.2 Å². The van der Waals surface area contributed by atoms with E-state index in [2.05, 4.69) is 0 Å². The molecule has 0 radical (unpaired) electrons. The minimum atomic E-state index is -2.15. The Morgan fingerprint density at radius 2 is 1.41 bits per heavy atom. The van der Waals surface area contributed by atoms with Crippen LogP contribution in [0.15, 0.2) is 58.6 Å². The van der Waals surface area contributed by atoms with Crippen LogP contribution in [0.1, 0.15) is 20.7 Å². The number of imide groups is 1. The van der Waals surface area contributed by atoms with E-state index < -0.39 is 56.0 Å². The van der Waals surface area contributed by atoms with Crippen LogP contribution in [0.5, 0.6) is 5.75 Å². The van der Waals surface area contributed by atoms with Gasteiger partial charge in [0.1, 0.15) is 22.0 Å². The lowest BCUT2D eigenvalue weighted by molar-refractivity contribution is -0.154. The van der Waals surface area contributed by atoms with Crippen molar-refractivity contribution in [1.82, 2.24) is 10.0 Å². The smallest absolute Gasteiger partial charge is 0.273 e. The molecule has 39 heavy (non-hydrogen) atoms. The molecular weight excluding hydrogens is 656 g/mol. The third-order valence-corrected chi connectivity index (χ3v) is 11.6. The molecule has 0 unspecified atom stereocenters. The van der Waals surface area contributed by atoms with Crippen LogP contribution in [0.3, 0.4) is 0 Å². The first-order chi connectivity index (χ1) is 18.2. The van der Waals surface area contributed by atoms with E-state index >= 15 is 0 Å². The van der Waals surface area contributed by atoms with Crippen molar-refractivity contribution < 1.29 is 23.9 Å². The predicted molar refractivity (Wildman–Crippen MR) is 149 cm³/mol. The van der Waals surface area contributed by atoms with Gasteiger partial charge in [0.05, 0.1) is 29.0 Å². The maximum absolute atomic E-state index is 13.9. The number of ether oxygens (including phenoxy) is 1. The number of Topliss-reactive ketones (excluding diaryl/α,β-unsaturated/α-hetero) is 1. The number of carbonyl (C=O) groups excluding carboxylic acids is 4. The topological polar surface area (TPSA) is 84.0 Å². The minimum Gasteiger partial charge on any atom is -0.497 e. The molecule has 2 aromatic carbocycles. The fourth-order valence-corrected chi connectivity index (χ4v) is 8.27. The van der Waals surface area contributed by atoms with Gasteiger partial charge in [0, 0.05) is 16.1 Å². The summed E-state index contributed by atoms with van der Waals surface area (Å²) in [5.41, 5.74) is 0.205. The first-order valence-corrected chi connectivity index (χ1v) is 13.8. The molecular formula is C25H15Cl7N2O5. The lowest BCUT2D eigenvalue weighted by Gasteiger charge is -2.36. The molecule has 7 nitrogen and oxygen atoms in total. The molecule has 1 saturated carbocycles. The maximum atomic E-state index is 13.9. The molecule has 4 atom stereocenters. The minimum absolute atomic E-state index is 0.0397. The van der Waals surface area contributed by atoms with Crippen LogP contribution in [0, 0.1) is 11.8 Å². The Balaban J connectivity index is 1.59. The molecule has 0 spiro atoms. The predicted octanol–water partition coefficient (Wildman–Crippen LogP) is 6.04. The van der Waals surface area contributed by atoms with E-state index in [1.54, 1.807) is 12.1 Å². The monoisotopic (exact) mass is 668 g/mol. The van der Waals surface area contributed by atoms with Gasteiger partial charge >= 0.3 is 0 Å². The van der Waals surface area contributed by atoms with Crippen LogP contribution in [-0.4, -0.2) is 61.3 Å². The highest BCUT2D eigenvalue weighted by atomic mass is 35.5. The second-order valence-corrected chi connectivity index (χ2v) is 12.8. The van der Waals surface area contributed by atoms with Crippen LogP contribution in [0.4, 0.5) is 0 Å². The van der Waals surface area contributed by atoms with E-state index in [0.29, 0.717) is 15.8 Å². The quantitative estimate of drug-likeness (QED) is 0.213. The number of hydrogen-bond donors (Lipinski definition) is 0. The molecule has 204 valence electrons. The van der Waals surface area contributed by atoms with Gasteiger partial charge in [-0.3, -0.25) is 19.2 Å². The SMILES string of the molecule is COc1cccc(C(=O)CN(C(=O)c2ccc(Cl)cc2)N2C(=O)[C@@H]3[C@H](C2=O)[C@@]2(Cl)C(Cl)=C(Cl)[C@@]3(Cl)C2(Cl)Cl)c1. The number of ketones is 1. The summed E-state index contributed by atoms with van der Waals surface area (Å²) in [6.07, 6.45) is 0. The van der Waals surface area contributed by atoms with Crippen molar-refractivity contribution in [3.8, 4) is 5.75 Å². The number of hydrazine groups is 1. The largest absolute Gasteiger partial charge is 0.497 e. The molecule has 1 saturated heterocycles. The molecule has 14 heteroatoms. The van der Waals surface area contributed by atoms with Gasteiger partial charge in [-0.2, -0.15) is 5.01 Å². The van der Waals surface area contributed by atoms with Gasteiger partial charge in [0.25, 0.3) is 17.7 Å². The summed E-state index contributed by atoms with van der Waals surface area (Å²) < 4.78 is 3.02. The molecule has 2 bridgehead atoms. The standard InChI is InChI=1S/C25H15Cl7N2O5/c1-39-14-4-2-3-12(9-14)15(35)10-33(20(36)11-5-7-13(26)8-6-11)34-21(37)16-17(22(34)38)24(30)19(28)18(27)23(16,29)25(24,31)32/h2-9,16-17H,10H2,1H3/t16-,17+,23-,24-/m1/s1. The van der Waals surface area contributed by atoms with Crippen molar-refractivity contribution in [2.75, 3.05) is 13.7 Å². The van der Waals surface area contributed by atoms with Gasteiger partial charge < -0.3 is 4.74 Å². The van der Waals surface area contributed by atoms with Crippen molar-refractivity contribution in [2.45, 2.75) is 14.1 Å². The highest BCUT2D eigenvalue weighted by Crippen LogP contribution is 2.77. The first-order valence-electron chi connectivity index (χ1n) is 11.2. The third kappa shape index (κ3) is 3.78. The number of methoxy groups -OCH3 is 1. The van der Waals surface area contributed by atoms with Crippen molar-refractivity contribution in [2.24, 2.45) is 11.8 Å². The Morgan fingerprint density at radius 1 is 0.872 bits per heavy atom. The Kier molecular flexibility index (Phi) is 7.16. The van der Waals surface area contributed by atoms with Gasteiger partial charge in [-0.05, 0) is 36.4 Å². The molecule has 5 rings (SSSR count). The Hall–Kier alpha value is -1.71. The van der Waals surface area contributed by atoms with Crippen molar-refractivity contribution in [3.05, 3.63) is 74.7 Å². The number of carbonyl (C=O) groups is 4. The van der Waals surface area contributed by atoms with Crippen LogP contribution >= 0.6 is 81.2 Å². The number of halogens is 7. The Bertz CT molecular complexity index is 1430. The van der Waals surface area contributed by atoms with Gasteiger partial charge in [0.15, 0.2) is 10.1 Å². The summed E-state index contributed by atoms with van der Waals surface area (Å²) in [5.74, 6) is -5.98. The zero-order chi connectivity index (χ0) is 28.7. The highest BCUT2D eigenvalue weighted by Gasteiger charge is 2.88. The van der Waals surface area contributed by atoms with Gasteiger partial charge in [-0.15, -0.1) is 23.2 Å². The summed E-state index contributed by atoms with van der Waals surface area (Å²) in [7, 11) is 1.43. The van der Waals surface area contributed by atoms with Crippen LogP contribution < -0.4 is 4.74 Å².